The summed E-state index contributed by atoms with van der Waals surface area (Å²) in [5.41, 5.74) is 3.63. The molecule has 2 nitrogen and oxygen atoms in total. The molecule has 1 heterocycles. The minimum absolute atomic E-state index is 0.302. The normalized spacial score (nSPS) is 19.5. The summed E-state index contributed by atoms with van der Waals surface area (Å²) in [6, 6.07) is 12.0. The predicted octanol–water partition coefficient (Wildman–Crippen LogP) is 4.81. The number of phenolic OH excluding ortho intramolecular Hbond substituents is 1. The summed E-state index contributed by atoms with van der Waals surface area (Å²) < 4.78 is 0. The second kappa shape index (κ2) is 5.89. The third kappa shape index (κ3) is 2.46. The predicted molar refractivity (Wildman–Crippen MR) is 101 cm³/mol. The summed E-state index contributed by atoms with van der Waals surface area (Å²) in [5, 5.41) is 12.0. The fourth-order valence-corrected chi connectivity index (χ4v) is 3.32. The molecule has 0 saturated heterocycles. The monoisotopic (exact) mass is 313 g/mol. The van der Waals surface area contributed by atoms with Gasteiger partial charge >= 0.3 is 0 Å². The Morgan fingerprint density at radius 1 is 0.958 bits per heavy atom. The van der Waals surface area contributed by atoms with Crippen LogP contribution < -0.4 is 0 Å². The fourth-order valence-electron chi connectivity index (χ4n) is 3.32. The van der Waals surface area contributed by atoms with Crippen LogP contribution in [0.3, 0.4) is 0 Å². The Hall–Kier alpha value is -3.00. The number of phenols is 1. The number of aromatic hydroxyl groups is 1. The first-order chi connectivity index (χ1) is 11.7. The Kier molecular flexibility index (Phi) is 3.58. The summed E-state index contributed by atoms with van der Waals surface area (Å²) in [5.74, 6) is 0.324. The van der Waals surface area contributed by atoms with Crippen molar-refractivity contribution in [3.05, 3.63) is 95.8 Å². The van der Waals surface area contributed by atoms with Crippen molar-refractivity contribution in [2.45, 2.75) is 6.04 Å². The van der Waals surface area contributed by atoms with Crippen molar-refractivity contribution in [1.29, 1.82) is 0 Å². The molecule has 2 aromatic rings. The number of fused-ring (bicyclic) bond motifs is 2. The van der Waals surface area contributed by atoms with E-state index in [0.717, 1.165) is 16.3 Å². The maximum Gasteiger partial charge on any atom is 0.123 e. The van der Waals surface area contributed by atoms with Crippen LogP contribution in [-0.2, 0) is 0 Å². The molecule has 4 rings (SSSR count). The van der Waals surface area contributed by atoms with Crippen LogP contribution in [0, 0.1) is 0 Å². The SMILES string of the molecule is CN1C=CC(/C=C/c2ccc(O)c3ccccc23)=C2C=CC=CC21. The maximum absolute atomic E-state index is 10.0. The summed E-state index contributed by atoms with van der Waals surface area (Å²) in [7, 11) is 2.10. The lowest BCUT2D eigenvalue weighted by Gasteiger charge is -2.31. The van der Waals surface area contributed by atoms with Gasteiger partial charge in [-0.15, -0.1) is 0 Å². The second-order valence-electron chi connectivity index (χ2n) is 6.13. The minimum Gasteiger partial charge on any atom is -0.507 e. The lowest BCUT2D eigenvalue weighted by molar-refractivity contribution is 0.420. The molecule has 1 N–H and O–H groups in total. The fraction of sp³-hybridized carbons (Fsp3) is 0.0909. The molecule has 2 aromatic carbocycles. The summed E-state index contributed by atoms with van der Waals surface area (Å²) in [4.78, 5) is 2.21. The van der Waals surface area contributed by atoms with Crippen molar-refractivity contribution in [2.75, 3.05) is 7.05 Å². The van der Waals surface area contributed by atoms with Crippen molar-refractivity contribution in [2.24, 2.45) is 0 Å². The number of hydrogen-bond donors (Lipinski definition) is 1. The van der Waals surface area contributed by atoms with Gasteiger partial charge in [-0.2, -0.15) is 0 Å². The molecule has 1 aliphatic heterocycles. The average Bonchev–Trinajstić information content (AvgIpc) is 2.63. The molecule has 0 spiro atoms. The van der Waals surface area contributed by atoms with E-state index in [1.165, 1.54) is 11.1 Å². The van der Waals surface area contributed by atoms with Crippen molar-refractivity contribution in [3.8, 4) is 5.75 Å². The van der Waals surface area contributed by atoms with Gasteiger partial charge in [-0.25, -0.2) is 0 Å². The van der Waals surface area contributed by atoms with Crippen LogP contribution in [-0.4, -0.2) is 23.1 Å². The molecule has 2 aliphatic rings. The zero-order valence-corrected chi connectivity index (χ0v) is 13.6. The highest BCUT2D eigenvalue weighted by Gasteiger charge is 2.19. The number of hydrogen-bond acceptors (Lipinski definition) is 2. The Labute approximate surface area is 142 Å². The van der Waals surface area contributed by atoms with Crippen LogP contribution in [0.5, 0.6) is 5.75 Å². The standard InChI is InChI=1S/C22H19NO/c1-23-15-14-17(19-7-4-5-9-21(19)23)11-10-16-12-13-22(24)20-8-3-2-6-18(16)20/h2-15,21,24H,1H3/b11-10+. The van der Waals surface area contributed by atoms with Crippen molar-refractivity contribution in [3.63, 3.8) is 0 Å². The molecule has 0 saturated carbocycles. The van der Waals surface area contributed by atoms with Gasteiger partial charge in [0.2, 0.25) is 0 Å². The van der Waals surface area contributed by atoms with E-state index in [2.05, 4.69) is 60.7 Å². The van der Waals surface area contributed by atoms with E-state index in [9.17, 15) is 5.11 Å². The van der Waals surface area contributed by atoms with E-state index >= 15 is 0 Å². The molecule has 0 aromatic heterocycles. The van der Waals surface area contributed by atoms with Gasteiger partial charge in [-0.1, -0.05) is 66.8 Å². The first-order valence-electron chi connectivity index (χ1n) is 8.12. The third-order valence-corrected chi connectivity index (χ3v) is 4.64. The Morgan fingerprint density at radius 2 is 1.79 bits per heavy atom. The Bertz CT molecular complexity index is 944. The van der Waals surface area contributed by atoms with E-state index in [4.69, 9.17) is 0 Å². The lowest BCUT2D eigenvalue weighted by Crippen LogP contribution is -2.30. The van der Waals surface area contributed by atoms with Gasteiger partial charge in [0, 0.05) is 18.6 Å². The number of likely N-dealkylation sites (N-methyl/N-ethyl adjacent to an activating group) is 1. The van der Waals surface area contributed by atoms with Gasteiger partial charge < -0.3 is 10.0 Å². The molecule has 2 heteroatoms. The van der Waals surface area contributed by atoms with Crippen molar-refractivity contribution in [1.82, 2.24) is 4.90 Å². The van der Waals surface area contributed by atoms with Crippen LogP contribution in [0.25, 0.3) is 16.8 Å². The van der Waals surface area contributed by atoms with E-state index in [1.54, 1.807) is 6.07 Å². The number of nitrogens with zero attached hydrogens (tertiary/aromatic N) is 1. The molecule has 1 unspecified atom stereocenters. The highest BCUT2D eigenvalue weighted by atomic mass is 16.3. The van der Waals surface area contributed by atoms with Gasteiger partial charge in [-0.05, 0) is 34.2 Å². The van der Waals surface area contributed by atoms with E-state index in [0.29, 0.717) is 11.8 Å². The van der Waals surface area contributed by atoms with Gasteiger partial charge in [0.05, 0.1) is 6.04 Å². The van der Waals surface area contributed by atoms with Crippen LogP contribution in [0.4, 0.5) is 0 Å². The van der Waals surface area contributed by atoms with Crippen LogP contribution in [0.15, 0.2) is 90.2 Å². The van der Waals surface area contributed by atoms with Crippen LogP contribution >= 0.6 is 0 Å². The highest BCUT2D eigenvalue weighted by Crippen LogP contribution is 2.30. The number of benzene rings is 2. The van der Waals surface area contributed by atoms with Crippen molar-refractivity contribution >= 4 is 16.8 Å². The summed E-state index contributed by atoms with van der Waals surface area (Å²) in [6.45, 7) is 0. The molecule has 24 heavy (non-hydrogen) atoms. The highest BCUT2D eigenvalue weighted by molar-refractivity contribution is 5.94. The molecule has 1 aliphatic carbocycles. The Balaban J connectivity index is 1.76. The minimum atomic E-state index is 0.302. The van der Waals surface area contributed by atoms with E-state index in [-0.39, 0.29) is 0 Å². The van der Waals surface area contributed by atoms with E-state index in [1.807, 2.05) is 30.3 Å². The number of allylic oxidation sites excluding steroid dienone is 5. The topological polar surface area (TPSA) is 23.5 Å². The smallest absolute Gasteiger partial charge is 0.123 e. The third-order valence-electron chi connectivity index (χ3n) is 4.64. The molecule has 118 valence electrons. The summed E-state index contributed by atoms with van der Waals surface area (Å²) in [6.07, 6.45) is 17.1. The van der Waals surface area contributed by atoms with Crippen LogP contribution in [0.2, 0.25) is 0 Å². The van der Waals surface area contributed by atoms with Gasteiger partial charge in [-0.3, -0.25) is 0 Å². The molecule has 0 radical (unpaired) electrons. The quantitative estimate of drug-likeness (QED) is 0.860. The number of rotatable bonds is 2. The molecule has 0 fully saturated rings. The first kappa shape index (κ1) is 14.6. The average molecular weight is 313 g/mol. The zero-order valence-electron chi connectivity index (χ0n) is 13.6. The maximum atomic E-state index is 10.0. The molecular formula is C22H19NO. The van der Waals surface area contributed by atoms with Gasteiger partial charge in [0.1, 0.15) is 5.75 Å². The van der Waals surface area contributed by atoms with Gasteiger partial charge in [0.15, 0.2) is 0 Å². The zero-order chi connectivity index (χ0) is 16.5. The Morgan fingerprint density at radius 3 is 2.67 bits per heavy atom. The largest absolute Gasteiger partial charge is 0.507 e. The van der Waals surface area contributed by atoms with Crippen LogP contribution in [0.1, 0.15) is 5.56 Å². The van der Waals surface area contributed by atoms with Crippen molar-refractivity contribution < 1.29 is 5.11 Å². The van der Waals surface area contributed by atoms with E-state index < -0.39 is 0 Å². The molecular weight excluding hydrogens is 294 g/mol. The van der Waals surface area contributed by atoms with Gasteiger partial charge in [0.25, 0.3) is 0 Å². The summed E-state index contributed by atoms with van der Waals surface area (Å²) >= 11 is 0. The molecule has 0 amide bonds. The second-order valence-corrected chi connectivity index (χ2v) is 6.13. The molecule has 1 atom stereocenters. The lowest BCUT2D eigenvalue weighted by atomic mass is 9.92. The molecule has 0 bridgehead atoms. The first-order valence-corrected chi connectivity index (χ1v) is 8.12.